The molecular formula is C17H34O. The van der Waals surface area contributed by atoms with Crippen LogP contribution < -0.4 is 0 Å². The largest absolute Gasteiger partial charge is 0.396 e. The molecule has 0 amide bonds. The molecule has 0 aliphatic heterocycles. The van der Waals surface area contributed by atoms with Gasteiger partial charge in [0.1, 0.15) is 0 Å². The molecular weight excluding hydrogens is 220 g/mol. The molecule has 0 aromatic rings. The van der Waals surface area contributed by atoms with Crippen LogP contribution in [0.25, 0.3) is 0 Å². The van der Waals surface area contributed by atoms with Gasteiger partial charge in [0, 0.05) is 6.61 Å². The number of allylic oxidation sites excluding steroid dienone is 1. The molecule has 0 heterocycles. The Balaban J connectivity index is 3.61. The molecule has 0 fully saturated rings. The van der Waals surface area contributed by atoms with Crippen molar-refractivity contribution in [3.63, 3.8) is 0 Å². The fraction of sp³-hybridized carbons (Fsp3) is 0.882. The van der Waals surface area contributed by atoms with Gasteiger partial charge in [0.05, 0.1) is 0 Å². The number of aliphatic hydroxyl groups excluding tert-OH is 1. The van der Waals surface area contributed by atoms with Crippen LogP contribution in [-0.2, 0) is 0 Å². The number of hydrogen-bond donors (Lipinski definition) is 1. The van der Waals surface area contributed by atoms with E-state index in [0.717, 1.165) is 6.42 Å². The monoisotopic (exact) mass is 254 g/mol. The topological polar surface area (TPSA) is 20.2 Å². The third kappa shape index (κ3) is 12.2. The number of hydrogen-bond acceptors (Lipinski definition) is 1. The molecule has 0 saturated carbocycles. The summed E-state index contributed by atoms with van der Waals surface area (Å²) >= 11 is 0. The second-order valence-electron chi connectivity index (χ2n) is 5.35. The van der Waals surface area contributed by atoms with Gasteiger partial charge in [-0.1, -0.05) is 70.4 Å². The zero-order chi connectivity index (χ0) is 13.5. The highest BCUT2D eigenvalue weighted by Crippen LogP contribution is 2.16. The molecule has 108 valence electrons. The summed E-state index contributed by atoms with van der Waals surface area (Å²) in [6.45, 7) is 4.82. The van der Waals surface area contributed by atoms with Crippen molar-refractivity contribution < 1.29 is 5.11 Å². The van der Waals surface area contributed by atoms with Gasteiger partial charge in [-0.2, -0.15) is 0 Å². The molecule has 0 unspecified atom stereocenters. The predicted molar refractivity (Wildman–Crippen MR) is 81.9 cm³/mol. The van der Waals surface area contributed by atoms with Gasteiger partial charge in [0.25, 0.3) is 0 Å². The highest BCUT2D eigenvalue weighted by Gasteiger charge is 1.98. The van der Waals surface area contributed by atoms with E-state index in [9.17, 15) is 0 Å². The van der Waals surface area contributed by atoms with Crippen molar-refractivity contribution in [3.8, 4) is 0 Å². The van der Waals surface area contributed by atoms with Crippen molar-refractivity contribution in [1.82, 2.24) is 0 Å². The van der Waals surface area contributed by atoms with Crippen molar-refractivity contribution in [2.75, 3.05) is 6.61 Å². The second kappa shape index (κ2) is 14.8. The Morgan fingerprint density at radius 2 is 1.39 bits per heavy atom. The maximum Gasteiger partial charge on any atom is 0.0468 e. The van der Waals surface area contributed by atoms with Gasteiger partial charge in [-0.3, -0.25) is 0 Å². The van der Waals surface area contributed by atoms with E-state index in [2.05, 4.69) is 19.9 Å². The van der Waals surface area contributed by atoms with Crippen molar-refractivity contribution in [1.29, 1.82) is 0 Å². The number of aliphatic hydroxyl groups is 1. The average molecular weight is 254 g/mol. The Hall–Kier alpha value is -0.300. The van der Waals surface area contributed by atoms with Crippen molar-refractivity contribution in [2.24, 2.45) is 0 Å². The summed E-state index contributed by atoms with van der Waals surface area (Å²) in [4.78, 5) is 0. The Bertz CT molecular complexity index is 184. The Morgan fingerprint density at radius 1 is 0.778 bits per heavy atom. The lowest BCUT2D eigenvalue weighted by Gasteiger charge is -2.06. The normalized spacial score (nSPS) is 12.1. The first-order valence-electron chi connectivity index (χ1n) is 8.13. The van der Waals surface area contributed by atoms with Crippen LogP contribution in [0.3, 0.4) is 0 Å². The third-order valence-electron chi connectivity index (χ3n) is 3.53. The fourth-order valence-corrected chi connectivity index (χ4v) is 2.31. The smallest absolute Gasteiger partial charge is 0.0468 e. The van der Waals surface area contributed by atoms with E-state index in [1.165, 1.54) is 76.2 Å². The van der Waals surface area contributed by atoms with E-state index in [4.69, 9.17) is 5.11 Å². The van der Waals surface area contributed by atoms with E-state index in [-0.39, 0.29) is 0 Å². The molecule has 0 aliphatic rings. The van der Waals surface area contributed by atoms with Gasteiger partial charge in [-0.25, -0.2) is 0 Å². The average Bonchev–Trinajstić information content (AvgIpc) is 2.38. The van der Waals surface area contributed by atoms with E-state index in [1.807, 2.05) is 0 Å². The van der Waals surface area contributed by atoms with Crippen LogP contribution in [-0.4, -0.2) is 11.7 Å². The highest BCUT2D eigenvalue weighted by atomic mass is 16.2. The molecule has 1 N–H and O–H groups in total. The van der Waals surface area contributed by atoms with Gasteiger partial charge >= 0.3 is 0 Å². The molecule has 0 spiro atoms. The van der Waals surface area contributed by atoms with Crippen LogP contribution >= 0.6 is 0 Å². The summed E-state index contributed by atoms with van der Waals surface area (Å²) in [5.41, 5.74) is 1.49. The first-order valence-corrected chi connectivity index (χ1v) is 8.13. The molecule has 1 nitrogen and oxygen atoms in total. The SMILES string of the molecule is CCCCC/C=C(/CCO)CCCCCCCC. The summed E-state index contributed by atoms with van der Waals surface area (Å²) in [6.07, 6.45) is 17.8. The van der Waals surface area contributed by atoms with Crippen molar-refractivity contribution in [2.45, 2.75) is 90.9 Å². The van der Waals surface area contributed by atoms with Crippen LogP contribution in [0.15, 0.2) is 11.6 Å². The lowest BCUT2D eigenvalue weighted by Crippen LogP contribution is -1.91. The summed E-state index contributed by atoms with van der Waals surface area (Å²) in [6, 6.07) is 0. The Kier molecular flexibility index (Phi) is 14.5. The summed E-state index contributed by atoms with van der Waals surface area (Å²) in [7, 11) is 0. The van der Waals surface area contributed by atoms with Crippen molar-refractivity contribution >= 4 is 0 Å². The van der Waals surface area contributed by atoms with Crippen LogP contribution in [0.2, 0.25) is 0 Å². The lowest BCUT2D eigenvalue weighted by molar-refractivity contribution is 0.297. The van der Waals surface area contributed by atoms with Gasteiger partial charge < -0.3 is 5.11 Å². The zero-order valence-electron chi connectivity index (χ0n) is 12.7. The minimum Gasteiger partial charge on any atom is -0.396 e. The van der Waals surface area contributed by atoms with Crippen LogP contribution in [0, 0.1) is 0 Å². The minimum absolute atomic E-state index is 0.315. The molecule has 0 aliphatic carbocycles. The molecule has 0 saturated heterocycles. The molecule has 0 rings (SSSR count). The van der Waals surface area contributed by atoms with Crippen LogP contribution in [0.5, 0.6) is 0 Å². The van der Waals surface area contributed by atoms with Crippen molar-refractivity contribution in [3.05, 3.63) is 11.6 Å². The number of unbranched alkanes of at least 4 members (excludes halogenated alkanes) is 8. The summed E-state index contributed by atoms with van der Waals surface area (Å²) in [5, 5.41) is 9.07. The molecule has 0 bridgehead atoms. The summed E-state index contributed by atoms with van der Waals surface area (Å²) < 4.78 is 0. The van der Waals surface area contributed by atoms with Crippen LogP contribution in [0.1, 0.15) is 90.9 Å². The summed E-state index contributed by atoms with van der Waals surface area (Å²) in [5.74, 6) is 0. The van der Waals surface area contributed by atoms with Gasteiger partial charge in [-0.05, 0) is 32.1 Å². The van der Waals surface area contributed by atoms with Crippen LogP contribution in [0.4, 0.5) is 0 Å². The fourth-order valence-electron chi connectivity index (χ4n) is 2.31. The highest BCUT2D eigenvalue weighted by molar-refractivity contribution is 5.01. The Labute approximate surface area is 115 Å². The minimum atomic E-state index is 0.315. The standard InChI is InChI=1S/C17H34O/c1-3-5-7-9-10-12-14-17(15-16-18)13-11-8-6-4-2/h13,18H,3-12,14-16H2,1-2H3/b17-13+. The molecule has 0 radical (unpaired) electrons. The predicted octanol–water partition coefficient (Wildman–Crippen LogP) is 5.63. The molecule has 0 aromatic carbocycles. The zero-order valence-corrected chi connectivity index (χ0v) is 12.7. The maximum atomic E-state index is 9.07. The molecule has 0 atom stereocenters. The van der Waals surface area contributed by atoms with Gasteiger partial charge in [-0.15, -0.1) is 0 Å². The van der Waals surface area contributed by atoms with Gasteiger partial charge in [0.2, 0.25) is 0 Å². The molecule has 0 aromatic heterocycles. The van der Waals surface area contributed by atoms with E-state index in [0.29, 0.717) is 6.61 Å². The van der Waals surface area contributed by atoms with E-state index in [1.54, 1.807) is 0 Å². The Morgan fingerprint density at radius 3 is 2.06 bits per heavy atom. The lowest BCUT2D eigenvalue weighted by atomic mass is 10.0. The first-order chi connectivity index (χ1) is 8.85. The third-order valence-corrected chi connectivity index (χ3v) is 3.53. The quantitative estimate of drug-likeness (QED) is 0.334. The first kappa shape index (κ1) is 17.7. The van der Waals surface area contributed by atoms with E-state index < -0.39 is 0 Å². The molecule has 18 heavy (non-hydrogen) atoms. The second-order valence-corrected chi connectivity index (χ2v) is 5.35. The van der Waals surface area contributed by atoms with E-state index >= 15 is 0 Å². The maximum absolute atomic E-state index is 9.07. The van der Waals surface area contributed by atoms with Gasteiger partial charge in [0.15, 0.2) is 0 Å². The molecule has 1 heteroatoms. The number of rotatable bonds is 13.